The summed E-state index contributed by atoms with van der Waals surface area (Å²) in [6, 6.07) is 12.5. The molecule has 0 aliphatic carbocycles. The lowest BCUT2D eigenvalue weighted by Crippen LogP contribution is -2.37. The predicted octanol–water partition coefficient (Wildman–Crippen LogP) is 1.92. The van der Waals surface area contributed by atoms with Crippen LogP contribution in [0.15, 0.2) is 64.4 Å². The highest BCUT2D eigenvalue weighted by Gasteiger charge is 2.21. The van der Waals surface area contributed by atoms with Crippen molar-refractivity contribution in [3.8, 4) is 11.3 Å². The SMILES string of the molecule is Cn1c(CN2CCC(Cn3nc(-c4ccncc4)ccc3=O)CC2)cccc1=O. The van der Waals surface area contributed by atoms with Crippen molar-refractivity contribution >= 4 is 0 Å². The van der Waals surface area contributed by atoms with E-state index in [4.69, 9.17) is 0 Å². The molecule has 4 rings (SSSR count). The van der Waals surface area contributed by atoms with E-state index in [9.17, 15) is 9.59 Å². The van der Waals surface area contributed by atoms with Crippen LogP contribution in [-0.4, -0.2) is 37.3 Å². The minimum absolute atomic E-state index is 0.0249. The van der Waals surface area contributed by atoms with Crippen LogP contribution in [0.3, 0.4) is 0 Å². The molecule has 1 saturated heterocycles. The van der Waals surface area contributed by atoms with Crippen LogP contribution in [0.25, 0.3) is 11.3 Å². The third-order valence-electron chi connectivity index (χ3n) is 5.66. The lowest BCUT2D eigenvalue weighted by molar-refractivity contribution is 0.160. The van der Waals surface area contributed by atoms with Crippen LogP contribution in [0.4, 0.5) is 0 Å². The van der Waals surface area contributed by atoms with E-state index in [-0.39, 0.29) is 11.1 Å². The van der Waals surface area contributed by atoms with Gasteiger partial charge in [-0.25, -0.2) is 4.68 Å². The number of aromatic nitrogens is 4. The third kappa shape index (κ3) is 4.51. The number of piperidine rings is 1. The molecule has 1 aliphatic rings. The Morgan fingerprint density at radius 1 is 0.966 bits per heavy atom. The van der Waals surface area contributed by atoms with Crippen LogP contribution in [0.5, 0.6) is 0 Å². The minimum Gasteiger partial charge on any atom is -0.314 e. The summed E-state index contributed by atoms with van der Waals surface area (Å²) in [7, 11) is 1.82. The van der Waals surface area contributed by atoms with E-state index in [1.807, 2.05) is 31.3 Å². The van der Waals surface area contributed by atoms with Crippen molar-refractivity contribution in [2.75, 3.05) is 13.1 Å². The maximum atomic E-state index is 12.3. The smallest absolute Gasteiger partial charge is 0.266 e. The number of pyridine rings is 2. The van der Waals surface area contributed by atoms with E-state index in [0.717, 1.165) is 49.4 Å². The number of hydrogen-bond donors (Lipinski definition) is 0. The first kappa shape index (κ1) is 19.3. The largest absolute Gasteiger partial charge is 0.314 e. The second-order valence-corrected chi connectivity index (χ2v) is 7.61. The molecule has 29 heavy (non-hydrogen) atoms. The quantitative estimate of drug-likeness (QED) is 0.664. The zero-order valence-corrected chi connectivity index (χ0v) is 16.6. The molecule has 0 atom stereocenters. The summed E-state index contributed by atoms with van der Waals surface area (Å²) in [6.45, 7) is 3.31. The molecule has 0 N–H and O–H groups in total. The zero-order valence-electron chi connectivity index (χ0n) is 16.6. The summed E-state index contributed by atoms with van der Waals surface area (Å²) in [5, 5.41) is 4.57. The first-order chi connectivity index (χ1) is 14.1. The molecule has 4 heterocycles. The minimum atomic E-state index is -0.0653. The van der Waals surface area contributed by atoms with Crippen molar-refractivity contribution in [3.63, 3.8) is 0 Å². The first-order valence-corrected chi connectivity index (χ1v) is 9.96. The number of nitrogens with zero attached hydrogens (tertiary/aromatic N) is 5. The van der Waals surface area contributed by atoms with Crippen LogP contribution in [0.1, 0.15) is 18.5 Å². The maximum absolute atomic E-state index is 12.3. The van der Waals surface area contributed by atoms with E-state index >= 15 is 0 Å². The van der Waals surface area contributed by atoms with E-state index in [1.54, 1.807) is 39.8 Å². The molecule has 0 spiro atoms. The third-order valence-corrected chi connectivity index (χ3v) is 5.66. The highest BCUT2D eigenvalue weighted by molar-refractivity contribution is 5.56. The van der Waals surface area contributed by atoms with Gasteiger partial charge in [0.25, 0.3) is 5.56 Å². The molecule has 3 aromatic heterocycles. The predicted molar refractivity (Wildman–Crippen MR) is 111 cm³/mol. The normalized spacial score (nSPS) is 15.5. The first-order valence-electron chi connectivity index (χ1n) is 9.96. The Kier molecular flexibility index (Phi) is 5.67. The Labute approximate surface area is 169 Å². The van der Waals surface area contributed by atoms with Gasteiger partial charge in [-0.2, -0.15) is 5.10 Å². The molecule has 7 nitrogen and oxygen atoms in total. The van der Waals surface area contributed by atoms with Gasteiger partial charge in [0.15, 0.2) is 0 Å². The summed E-state index contributed by atoms with van der Waals surface area (Å²) in [6.07, 6.45) is 5.47. The molecule has 1 fully saturated rings. The van der Waals surface area contributed by atoms with Crippen molar-refractivity contribution in [3.05, 3.63) is 81.3 Å². The fraction of sp³-hybridized carbons (Fsp3) is 0.364. The van der Waals surface area contributed by atoms with Gasteiger partial charge in [-0.05, 0) is 56.1 Å². The fourth-order valence-corrected chi connectivity index (χ4v) is 3.82. The molecule has 0 unspecified atom stereocenters. The van der Waals surface area contributed by atoms with Crippen molar-refractivity contribution in [1.82, 2.24) is 24.2 Å². The van der Waals surface area contributed by atoms with E-state index in [0.29, 0.717) is 12.5 Å². The molecule has 0 saturated carbocycles. The summed E-state index contributed by atoms with van der Waals surface area (Å²) in [5.41, 5.74) is 2.73. The molecule has 0 bridgehead atoms. The Morgan fingerprint density at radius 2 is 1.72 bits per heavy atom. The Hall–Kier alpha value is -3.06. The monoisotopic (exact) mass is 391 g/mol. The zero-order chi connectivity index (χ0) is 20.2. The van der Waals surface area contributed by atoms with Crippen LogP contribution < -0.4 is 11.1 Å². The lowest BCUT2D eigenvalue weighted by Gasteiger charge is -2.32. The molecule has 0 aromatic carbocycles. The van der Waals surface area contributed by atoms with Gasteiger partial charge < -0.3 is 4.57 Å². The van der Waals surface area contributed by atoms with Crippen LogP contribution >= 0.6 is 0 Å². The van der Waals surface area contributed by atoms with E-state index in [2.05, 4.69) is 15.0 Å². The van der Waals surface area contributed by atoms with Crippen molar-refractivity contribution in [1.29, 1.82) is 0 Å². The van der Waals surface area contributed by atoms with Crippen LogP contribution in [-0.2, 0) is 20.1 Å². The fourth-order valence-electron chi connectivity index (χ4n) is 3.82. The van der Waals surface area contributed by atoms with Gasteiger partial charge in [0.05, 0.1) is 5.69 Å². The molecule has 0 radical (unpaired) electrons. The second-order valence-electron chi connectivity index (χ2n) is 7.61. The summed E-state index contributed by atoms with van der Waals surface area (Å²) >= 11 is 0. The van der Waals surface area contributed by atoms with Gasteiger partial charge in [0.1, 0.15) is 0 Å². The standard InChI is InChI=1S/C22H25N5O2/c1-25-19(3-2-4-21(25)28)16-26-13-9-17(10-14-26)15-27-22(29)6-5-20(24-27)18-7-11-23-12-8-18/h2-8,11-12,17H,9-10,13-16H2,1H3. The van der Waals surface area contributed by atoms with Crippen molar-refractivity contribution in [2.45, 2.75) is 25.9 Å². The average Bonchev–Trinajstić information content (AvgIpc) is 2.75. The highest BCUT2D eigenvalue weighted by Crippen LogP contribution is 2.20. The average molecular weight is 391 g/mol. The number of rotatable bonds is 5. The van der Waals surface area contributed by atoms with Crippen LogP contribution in [0, 0.1) is 5.92 Å². The lowest BCUT2D eigenvalue weighted by atomic mass is 9.96. The molecular formula is C22H25N5O2. The maximum Gasteiger partial charge on any atom is 0.266 e. The Morgan fingerprint density at radius 3 is 2.48 bits per heavy atom. The Bertz CT molecular complexity index is 1080. The Balaban J connectivity index is 1.39. The van der Waals surface area contributed by atoms with Gasteiger partial charge in [0.2, 0.25) is 5.56 Å². The van der Waals surface area contributed by atoms with Gasteiger partial charge in [-0.1, -0.05) is 6.07 Å². The molecule has 150 valence electrons. The van der Waals surface area contributed by atoms with E-state index in [1.165, 1.54) is 0 Å². The highest BCUT2D eigenvalue weighted by atomic mass is 16.1. The van der Waals surface area contributed by atoms with Gasteiger partial charge in [-0.15, -0.1) is 0 Å². The number of likely N-dealkylation sites (tertiary alicyclic amines) is 1. The molecule has 1 aliphatic heterocycles. The summed E-state index contributed by atoms with van der Waals surface area (Å²) < 4.78 is 3.30. The molecule has 3 aromatic rings. The van der Waals surface area contributed by atoms with Crippen molar-refractivity contribution in [2.24, 2.45) is 13.0 Å². The summed E-state index contributed by atoms with van der Waals surface area (Å²) in [5.74, 6) is 0.420. The molecule has 0 amide bonds. The van der Waals surface area contributed by atoms with Gasteiger partial charge in [0, 0.05) is 55.9 Å². The van der Waals surface area contributed by atoms with Crippen LogP contribution in [0.2, 0.25) is 0 Å². The molecular weight excluding hydrogens is 366 g/mol. The topological polar surface area (TPSA) is 73.0 Å². The summed E-state index contributed by atoms with van der Waals surface area (Å²) in [4.78, 5) is 30.5. The number of hydrogen-bond acceptors (Lipinski definition) is 5. The van der Waals surface area contributed by atoms with Crippen molar-refractivity contribution < 1.29 is 0 Å². The van der Waals surface area contributed by atoms with Gasteiger partial charge >= 0.3 is 0 Å². The van der Waals surface area contributed by atoms with Gasteiger partial charge in [-0.3, -0.25) is 19.5 Å². The molecule has 7 heteroatoms. The second kappa shape index (κ2) is 8.53. The van der Waals surface area contributed by atoms with E-state index < -0.39 is 0 Å².